The van der Waals surface area contributed by atoms with Crippen molar-refractivity contribution in [2.75, 3.05) is 19.5 Å². The fourth-order valence-electron chi connectivity index (χ4n) is 2.40. The topological polar surface area (TPSA) is 74.1 Å². The minimum Gasteiger partial charge on any atom is -0.497 e. The number of rotatable bonds is 6. The van der Waals surface area contributed by atoms with E-state index in [2.05, 4.69) is 20.3 Å². The summed E-state index contributed by atoms with van der Waals surface area (Å²) in [5.41, 5.74) is 1.02. The van der Waals surface area contributed by atoms with Crippen molar-refractivity contribution in [3.05, 3.63) is 60.3 Å². The molecule has 0 aliphatic rings. The molecule has 124 valence electrons. The number of methoxy groups -OCH3 is 2. The normalized spacial score (nSPS) is 11.8. The van der Waals surface area contributed by atoms with E-state index in [-0.39, 0.29) is 6.04 Å². The summed E-state index contributed by atoms with van der Waals surface area (Å²) in [5, 5.41) is 3.32. The molecular formula is C17H19N5O2. The molecule has 0 radical (unpaired) electrons. The predicted molar refractivity (Wildman–Crippen MR) is 90.3 cm³/mol. The number of anilines is 1. The van der Waals surface area contributed by atoms with Gasteiger partial charge in [-0.3, -0.25) is 0 Å². The number of hydrogen-bond donors (Lipinski definition) is 1. The molecule has 24 heavy (non-hydrogen) atoms. The average molecular weight is 325 g/mol. The van der Waals surface area contributed by atoms with Crippen molar-refractivity contribution in [1.82, 2.24) is 19.5 Å². The third kappa shape index (κ3) is 3.29. The number of aromatic nitrogens is 4. The van der Waals surface area contributed by atoms with Gasteiger partial charge in [0.15, 0.2) is 0 Å². The molecule has 1 aromatic carbocycles. The molecule has 2 heterocycles. The largest absolute Gasteiger partial charge is 0.497 e. The third-order valence-corrected chi connectivity index (χ3v) is 3.68. The van der Waals surface area contributed by atoms with Crippen LogP contribution in [-0.4, -0.2) is 33.7 Å². The fraction of sp³-hybridized carbons (Fsp3) is 0.235. The van der Waals surface area contributed by atoms with Gasteiger partial charge in [-0.15, -0.1) is 0 Å². The van der Waals surface area contributed by atoms with Gasteiger partial charge in [0, 0.05) is 31.7 Å². The predicted octanol–water partition coefficient (Wildman–Crippen LogP) is 2.43. The highest BCUT2D eigenvalue weighted by Gasteiger charge is 2.19. The van der Waals surface area contributed by atoms with Gasteiger partial charge in [0.2, 0.25) is 11.8 Å². The summed E-state index contributed by atoms with van der Waals surface area (Å²) < 4.78 is 12.3. The van der Waals surface area contributed by atoms with E-state index in [1.807, 2.05) is 42.1 Å². The Morgan fingerprint density at radius 1 is 1.00 bits per heavy atom. The first-order valence-corrected chi connectivity index (χ1v) is 7.46. The molecule has 0 fully saturated rings. The summed E-state index contributed by atoms with van der Waals surface area (Å²) in [7, 11) is 5.17. The van der Waals surface area contributed by atoms with Gasteiger partial charge >= 0.3 is 0 Å². The molecule has 3 aromatic rings. The highest BCUT2D eigenvalue weighted by molar-refractivity contribution is 5.40. The standard InChI is InChI=1S/C17H19N5O2/c1-22-11-10-18-16(22)15(12-4-6-13(23-2)7-5-12)21-17-19-9-8-14(20-17)24-3/h4-11,15H,1-3H3,(H,19,20,21)/t15-/m0/s1. The third-order valence-electron chi connectivity index (χ3n) is 3.68. The first-order chi connectivity index (χ1) is 11.7. The zero-order valence-electron chi connectivity index (χ0n) is 13.8. The minimum atomic E-state index is -0.206. The molecule has 0 unspecified atom stereocenters. The van der Waals surface area contributed by atoms with Crippen molar-refractivity contribution in [3.63, 3.8) is 0 Å². The molecule has 0 bridgehead atoms. The minimum absolute atomic E-state index is 0.206. The number of ether oxygens (including phenoxy) is 2. The van der Waals surface area contributed by atoms with E-state index in [0.717, 1.165) is 17.1 Å². The van der Waals surface area contributed by atoms with Crippen LogP contribution in [0, 0.1) is 0 Å². The SMILES string of the molecule is COc1ccc([C@H](Nc2nccc(OC)n2)c2nccn2C)cc1. The van der Waals surface area contributed by atoms with Crippen LogP contribution in [0.15, 0.2) is 48.9 Å². The molecule has 0 saturated carbocycles. The van der Waals surface area contributed by atoms with Crippen LogP contribution in [0.3, 0.4) is 0 Å². The number of nitrogens with zero attached hydrogens (tertiary/aromatic N) is 4. The first-order valence-electron chi connectivity index (χ1n) is 7.46. The quantitative estimate of drug-likeness (QED) is 0.750. The molecule has 0 amide bonds. The summed E-state index contributed by atoms with van der Waals surface area (Å²) in [6.45, 7) is 0. The Hall–Kier alpha value is -3.09. The van der Waals surface area contributed by atoms with Crippen LogP contribution in [-0.2, 0) is 7.05 Å². The van der Waals surface area contributed by atoms with Crippen molar-refractivity contribution in [2.45, 2.75) is 6.04 Å². The molecule has 2 aromatic heterocycles. The van der Waals surface area contributed by atoms with Crippen LogP contribution < -0.4 is 14.8 Å². The Morgan fingerprint density at radius 3 is 2.42 bits per heavy atom. The van der Waals surface area contributed by atoms with E-state index in [0.29, 0.717) is 11.8 Å². The molecule has 0 spiro atoms. The van der Waals surface area contributed by atoms with Crippen molar-refractivity contribution in [1.29, 1.82) is 0 Å². The van der Waals surface area contributed by atoms with Gasteiger partial charge in [-0.05, 0) is 17.7 Å². The Morgan fingerprint density at radius 2 is 1.79 bits per heavy atom. The summed E-state index contributed by atoms with van der Waals surface area (Å²) >= 11 is 0. The highest BCUT2D eigenvalue weighted by atomic mass is 16.5. The van der Waals surface area contributed by atoms with Gasteiger partial charge < -0.3 is 19.4 Å². The van der Waals surface area contributed by atoms with Crippen molar-refractivity contribution in [2.24, 2.45) is 7.05 Å². The monoisotopic (exact) mass is 325 g/mol. The second kappa shape index (κ2) is 6.99. The van der Waals surface area contributed by atoms with Crippen molar-refractivity contribution >= 4 is 5.95 Å². The second-order valence-corrected chi connectivity index (χ2v) is 5.17. The Labute approximate surface area is 140 Å². The molecule has 0 saturated heterocycles. The zero-order chi connectivity index (χ0) is 16.9. The molecule has 1 atom stereocenters. The summed E-state index contributed by atoms with van der Waals surface area (Å²) in [4.78, 5) is 13.0. The number of benzene rings is 1. The fourth-order valence-corrected chi connectivity index (χ4v) is 2.40. The molecule has 1 N–H and O–H groups in total. The lowest BCUT2D eigenvalue weighted by atomic mass is 10.1. The van der Waals surface area contributed by atoms with E-state index >= 15 is 0 Å². The number of imidazole rings is 1. The molecule has 3 rings (SSSR count). The molecule has 0 aliphatic carbocycles. The Balaban J connectivity index is 1.96. The van der Waals surface area contributed by atoms with Gasteiger partial charge in [0.05, 0.1) is 14.2 Å². The maximum atomic E-state index is 5.23. The van der Waals surface area contributed by atoms with Crippen LogP contribution in [0.5, 0.6) is 11.6 Å². The average Bonchev–Trinajstić information content (AvgIpc) is 3.06. The molecule has 0 aliphatic heterocycles. The van der Waals surface area contributed by atoms with Gasteiger partial charge in [0.25, 0.3) is 0 Å². The number of hydrogen-bond acceptors (Lipinski definition) is 6. The van der Waals surface area contributed by atoms with E-state index in [1.165, 1.54) is 0 Å². The van der Waals surface area contributed by atoms with E-state index in [1.54, 1.807) is 32.7 Å². The van der Waals surface area contributed by atoms with Crippen LogP contribution in [0.2, 0.25) is 0 Å². The van der Waals surface area contributed by atoms with Crippen LogP contribution in [0.4, 0.5) is 5.95 Å². The molecular weight excluding hydrogens is 306 g/mol. The first kappa shape index (κ1) is 15.8. The smallest absolute Gasteiger partial charge is 0.226 e. The van der Waals surface area contributed by atoms with E-state index < -0.39 is 0 Å². The van der Waals surface area contributed by atoms with Crippen LogP contribution >= 0.6 is 0 Å². The van der Waals surface area contributed by atoms with E-state index in [9.17, 15) is 0 Å². The van der Waals surface area contributed by atoms with Gasteiger partial charge in [0.1, 0.15) is 17.6 Å². The lowest BCUT2D eigenvalue weighted by Crippen LogP contribution is -2.18. The van der Waals surface area contributed by atoms with Crippen molar-refractivity contribution in [3.8, 4) is 11.6 Å². The zero-order valence-corrected chi connectivity index (χ0v) is 13.8. The molecule has 7 heteroatoms. The molecule has 7 nitrogen and oxygen atoms in total. The van der Waals surface area contributed by atoms with Gasteiger partial charge in [-0.25, -0.2) is 9.97 Å². The highest BCUT2D eigenvalue weighted by Crippen LogP contribution is 2.26. The summed E-state index contributed by atoms with van der Waals surface area (Å²) in [6.07, 6.45) is 5.32. The number of aryl methyl sites for hydroxylation is 1. The Bertz CT molecular complexity index is 801. The second-order valence-electron chi connectivity index (χ2n) is 5.17. The summed E-state index contributed by atoms with van der Waals surface area (Å²) in [6, 6.07) is 9.31. The summed E-state index contributed by atoms with van der Waals surface area (Å²) in [5.74, 6) is 2.63. The maximum Gasteiger partial charge on any atom is 0.226 e. The van der Waals surface area contributed by atoms with Crippen LogP contribution in [0.25, 0.3) is 0 Å². The number of nitrogens with one attached hydrogen (secondary N) is 1. The van der Waals surface area contributed by atoms with Crippen LogP contribution in [0.1, 0.15) is 17.4 Å². The van der Waals surface area contributed by atoms with E-state index in [4.69, 9.17) is 9.47 Å². The Kier molecular flexibility index (Phi) is 4.60. The van der Waals surface area contributed by atoms with Gasteiger partial charge in [-0.2, -0.15) is 4.98 Å². The van der Waals surface area contributed by atoms with Crippen molar-refractivity contribution < 1.29 is 9.47 Å². The van der Waals surface area contributed by atoms with Gasteiger partial charge in [-0.1, -0.05) is 12.1 Å². The lowest BCUT2D eigenvalue weighted by Gasteiger charge is -2.19. The lowest BCUT2D eigenvalue weighted by molar-refractivity contribution is 0.397. The maximum absolute atomic E-state index is 5.23.